The fraction of sp³-hybridized carbons (Fsp3) is 0.600. The van der Waals surface area contributed by atoms with Gasteiger partial charge in [-0.2, -0.15) is 0 Å². The van der Waals surface area contributed by atoms with Crippen LogP contribution in [0.1, 0.15) is 36.1 Å². The summed E-state index contributed by atoms with van der Waals surface area (Å²) in [5.41, 5.74) is 2.89. The van der Waals surface area contributed by atoms with E-state index in [-0.39, 0.29) is 0 Å². The molecule has 0 amide bonds. The minimum atomic E-state index is 0.309. The van der Waals surface area contributed by atoms with E-state index in [2.05, 4.69) is 38.3 Å². The van der Waals surface area contributed by atoms with E-state index in [1.165, 1.54) is 9.75 Å². The minimum Gasteiger partial charge on any atom is -0.271 e. The van der Waals surface area contributed by atoms with Gasteiger partial charge in [0.15, 0.2) is 0 Å². The van der Waals surface area contributed by atoms with Crippen molar-refractivity contribution in [1.82, 2.24) is 5.43 Å². The van der Waals surface area contributed by atoms with Crippen LogP contribution in [0.4, 0.5) is 0 Å². The maximum absolute atomic E-state index is 5.55. The van der Waals surface area contributed by atoms with Crippen LogP contribution < -0.4 is 11.3 Å². The molecule has 1 heterocycles. The second-order valence-electron chi connectivity index (χ2n) is 3.48. The van der Waals surface area contributed by atoms with E-state index in [0.717, 1.165) is 6.42 Å². The average Bonchev–Trinajstić information content (AvgIpc) is 2.53. The third-order valence-corrected chi connectivity index (χ3v) is 3.54. The molecule has 0 bridgehead atoms. The molecule has 0 aromatic carbocycles. The van der Waals surface area contributed by atoms with Gasteiger partial charge in [-0.05, 0) is 25.0 Å². The minimum absolute atomic E-state index is 0.309. The molecule has 3 N–H and O–H groups in total. The number of rotatable bonds is 4. The van der Waals surface area contributed by atoms with Crippen LogP contribution in [-0.4, -0.2) is 0 Å². The number of hydrazine groups is 1. The Hall–Kier alpha value is -0.380. The summed E-state index contributed by atoms with van der Waals surface area (Å²) < 4.78 is 0. The standard InChI is InChI=1S/C10H18N2S/c1-4-7(2)10(12-11)9-6-5-8(3)13-9/h5-7,10,12H,4,11H2,1-3H3. The molecule has 0 saturated heterocycles. The molecule has 2 atom stereocenters. The van der Waals surface area contributed by atoms with Gasteiger partial charge in [0, 0.05) is 9.75 Å². The number of nitrogens with two attached hydrogens (primary N) is 1. The molecule has 13 heavy (non-hydrogen) atoms. The van der Waals surface area contributed by atoms with E-state index in [0.29, 0.717) is 12.0 Å². The highest BCUT2D eigenvalue weighted by Crippen LogP contribution is 2.28. The van der Waals surface area contributed by atoms with Crippen LogP contribution in [0.15, 0.2) is 12.1 Å². The molecule has 2 unspecified atom stereocenters. The van der Waals surface area contributed by atoms with E-state index in [1.54, 1.807) is 0 Å². The predicted octanol–water partition coefficient (Wildman–Crippen LogP) is 2.61. The van der Waals surface area contributed by atoms with Crippen molar-refractivity contribution >= 4 is 11.3 Å². The van der Waals surface area contributed by atoms with Crippen molar-refractivity contribution in [2.75, 3.05) is 0 Å². The van der Waals surface area contributed by atoms with Gasteiger partial charge < -0.3 is 0 Å². The molecule has 0 spiro atoms. The maximum atomic E-state index is 5.55. The van der Waals surface area contributed by atoms with Crippen molar-refractivity contribution in [2.45, 2.75) is 33.2 Å². The fourth-order valence-electron chi connectivity index (χ4n) is 1.38. The summed E-state index contributed by atoms with van der Waals surface area (Å²) >= 11 is 1.82. The number of aryl methyl sites for hydroxylation is 1. The zero-order valence-electron chi connectivity index (χ0n) is 8.50. The van der Waals surface area contributed by atoms with Crippen molar-refractivity contribution in [3.8, 4) is 0 Å². The number of hydrogen-bond acceptors (Lipinski definition) is 3. The van der Waals surface area contributed by atoms with Crippen LogP contribution in [0, 0.1) is 12.8 Å². The van der Waals surface area contributed by atoms with Gasteiger partial charge in [0.2, 0.25) is 0 Å². The van der Waals surface area contributed by atoms with Crippen LogP contribution in [0.2, 0.25) is 0 Å². The first-order valence-corrected chi connectivity index (χ1v) is 5.53. The fourth-order valence-corrected chi connectivity index (χ4v) is 2.45. The molecular formula is C10H18N2S. The van der Waals surface area contributed by atoms with Crippen molar-refractivity contribution in [2.24, 2.45) is 11.8 Å². The smallest absolute Gasteiger partial charge is 0.0578 e. The van der Waals surface area contributed by atoms with Crippen LogP contribution in [0.5, 0.6) is 0 Å². The van der Waals surface area contributed by atoms with Crippen LogP contribution >= 0.6 is 11.3 Å². The van der Waals surface area contributed by atoms with E-state index >= 15 is 0 Å². The van der Waals surface area contributed by atoms with Gasteiger partial charge in [-0.15, -0.1) is 11.3 Å². The van der Waals surface area contributed by atoms with Gasteiger partial charge in [0.05, 0.1) is 6.04 Å². The van der Waals surface area contributed by atoms with E-state index < -0.39 is 0 Å². The monoisotopic (exact) mass is 198 g/mol. The number of nitrogens with one attached hydrogen (secondary N) is 1. The summed E-state index contributed by atoms with van der Waals surface area (Å²) in [6, 6.07) is 4.62. The van der Waals surface area contributed by atoms with E-state index in [9.17, 15) is 0 Å². The summed E-state index contributed by atoms with van der Waals surface area (Å²) in [5, 5.41) is 0. The molecule has 1 rings (SSSR count). The molecule has 0 fully saturated rings. The highest BCUT2D eigenvalue weighted by molar-refractivity contribution is 7.12. The molecule has 74 valence electrons. The van der Waals surface area contributed by atoms with Gasteiger partial charge in [0.1, 0.15) is 0 Å². The second-order valence-corrected chi connectivity index (χ2v) is 4.80. The van der Waals surface area contributed by atoms with Crippen LogP contribution in [-0.2, 0) is 0 Å². The second kappa shape index (κ2) is 4.74. The largest absolute Gasteiger partial charge is 0.271 e. The van der Waals surface area contributed by atoms with Crippen molar-refractivity contribution in [3.63, 3.8) is 0 Å². The Morgan fingerprint density at radius 1 is 1.54 bits per heavy atom. The molecular weight excluding hydrogens is 180 g/mol. The molecule has 0 aliphatic rings. The summed E-state index contributed by atoms with van der Waals surface area (Å²) in [5.74, 6) is 6.13. The molecule has 2 nitrogen and oxygen atoms in total. The molecule has 1 aromatic heterocycles. The lowest BCUT2D eigenvalue weighted by atomic mass is 9.98. The first-order valence-electron chi connectivity index (χ1n) is 4.71. The lowest BCUT2D eigenvalue weighted by molar-refractivity contribution is 0.388. The Bertz CT molecular complexity index is 257. The summed E-state index contributed by atoms with van der Waals surface area (Å²) in [7, 11) is 0. The first-order chi connectivity index (χ1) is 6.19. The molecule has 3 heteroatoms. The SMILES string of the molecule is CCC(C)C(NN)c1ccc(C)s1. The Balaban J connectivity index is 2.77. The molecule has 1 aromatic rings. The van der Waals surface area contributed by atoms with Crippen LogP contribution in [0.3, 0.4) is 0 Å². The molecule has 0 saturated carbocycles. The van der Waals surface area contributed by atoms with Crippen molar-refractivity contribution < 1.29 is 0 Å². The topological polar surface area (TPSA) is 38.0 Å². The summed E-state index contributed by atoms with van der Waals surface area (Å²) in [4.78, 5) is 2.69. The van der Waals surface area contributed by atoms with E-state index in [1.807, 2.05) is 11.3 Å². The zero-order valence-corrected chi connectivity index (χ0v) is 9.32. The Kier molecular flexibility index (Phi) is 3.90. The highest BCUT2D eigenvalue weighted by atomic mass is 32.1. The highest BCUT2D eigenvalue weighted by Gasteiger charge is 2.17. The predicted molar refractivity (Wildman–Crippen MR) is 58.6 cm³/mol. The lowest BCUT2D eigenvalue weighted by Gasteiger charge is -2.20. The van der Waals surface area contributed by atoms with Gasteiger partial charge in [0.25, 0.3) is 0 Å². The Morgan fingerprint density at radius 3 is 2.62 bits per heavy atom. The Morgan fingerprint density at radius 2 is 2.23 bits per heavy atom. The first kappa shape index (κ1) is 10.7. The summed E-state index contributed by atoms with van der Waals surface area (Å²) in [6.07, 6.45) is 1.14. The van der Waals surface area contributed by atoms with Crippen molar-refractivity contribution in [3.05, 3.63) is 21.9 Å². The Labute approximate surface area is 84.1 Å². The molecule has 0 aliphatic carbocycles. The normalized spacial score (nSPS) is 15.7. The van der Waals surface area contributed by atoms with E-state index in [4.69, 9.17) is 5.84 Å². The summed E-state index contributed by atoms with van der Waals surface area (Å²) in [6.45, 7) is 6.54. The van der Waals surface area contributed by atoms with Gasteiger partial charge in [-0.3, -0.25) is 11.3 Å². The van der Waals surface area contributed by atoms with Gasteiger partial charge in [-0.1, -0.05) is 20.3 Å². The molecule has 0 radical (unpaired) electrons. The third-order valence-electron chi connectivity index (χ3n) is 2.46. The maximum Gasteiger partial charge on any atom is 0.0578 e. The van der Waals surface area contributed by atoms with Crippen LogP contribution in [0.25, 0.3) is 0 Å². The molecule has 0 aliphatic heterocycles. The number of hydrogen-bond donors (Lipinski definition) is 2. The zero-order chi connectivity index (χ0) is 9.84. The number of thiophene rings is 1. The van der Waals surface area contributed by atoms with Crippen molar-refractivity contribution in [1.29, 1.82) is 0 Å². The quantitative estimate of drug-likeness (QED) is 0.576. The lowest BCUT2D eigenvalue weighted by Crippen LogP contribution is -2.31. The third kappa shape index (κ3) is 2.53. The van der Waals surface area contributed by atoms with Gasteiger partial charge >= 0.3 is 0 Å². The average molecular weight is 198 g/mol. The van der Waals surface area contributed by atoms with Gasteiger partial charge in [-0.25, -0.2) is 0 Å².